The van der Waals surface area contributed by atoms with Gasteiger partial charge in [0.2, 0.25) is 0 Å². The van der Waals surface area contributed by atoms with Crippen molar-refractivity contribution in [2.24, 2.45) is 0 Å². The molecule has 4 aromatic carbocycles. The Hall–Kier alpha value is -3.14. The van der Waals surface area contributed by atoms with Gasteiger partial charge in [0.1, 0.15) is 5.75 Å². The summed E-state index contributed by atoms with van der Waals surface area (Å²) in [5.74, 6) is 1.34. The van der Waals surface area contributed by atoms with Gasteiger partial charge in [0.15, 0.2) is 0 Å². The highest BCUT2D eigenvalue weighted by atomic mass is 16.5. The van der Waals surface area contributed by atoms with Crippen LogP contribution in [0, 0.1) is 0 Å². The fraction of sp³-hybridized carbons (Fsp3) is 0.290. The van der Waals surface area contributed by atoms with Crippen LogP contribution in [0.25, 0.3) is 10.8 Å². The van der Waals surface area contributed by atoms with E-state index < -0.39 is 0 Å². The average molecular weight is 452 g/mol. The first-order valence-corrected chi connectivity index (χ1v) is 12.4. The summed E-state index contributed by atoms with van der Waals surface area (Å²) < 4.78 is 12.4. The summed E-state index contributed by atoms with van der Waals surface area (Å²) in [6, 6.07) is 34.3. The number of hydrogen-bond donors (Lipinski definition) is 1. The van der Waals surface area contributed by atoms with Gasteiger partial charge in [-0.1, -0.05) is 78.9 Å². The Morgan fingerprint density at radius 3 is 2.41 bits per heavy atom. The maximum atomic E-state index is 6.44. The van der Waals surface area contributed by atoms with E-state index in [1.54, 1.807) is 0 Å². The smallest absolute Gasteiger partial charge is 0.119 e. The lowest BCUT2D eigenvalue weighted by molar-refractivity contribution is 0.0106. The average Bonchev–Trinajstić information content (AvgIpc) is 2.91. The van der Waals surface area contributed by atoms with Crippen LogP contribution >= 0.6 is 0 Å². The Labute approximate surface area is 202 Å². The summed E-state index contributed by atoms with van der Waals surface area (Å²) in [5, 5.41) is 6.04. The molecule has 0 aliphatic carbocycles. The van der Waals surface area contributed by atoms with Crippen LogP contribution in [0.2, 0.25) is 0 Å². The Bertz CT molecular complexity index is 1170. The van der Waals surface area contributed by atoms with Gasteiger partial charge in [-0.3, -0.25) is 0 Å². The molecule has 0 spiro atoms. The van der Waals surface area contributed by atoms with Gasteiger partial charge in [0, 0.05) is 12.5 Å². The lowest BCUT2D eigenvalue weighted by Crippen LogP contribution is -2.40. The second-order valence-electron chi connectivity index (χ2n) is 9.14. The SMILES string of the molecule is c1ccc(CCCOc2ccc([C@H]3CCNC[C@@H]3OCc3ccc4ccccc4c3)cc2)cc1. The van der Waals surface area contributed by atoms with E-state index in [9.17, 15) is 0 Å². The molecule has 0 unspecified atom stereocenters. The monoisotopic (exact) mass is 451 g/mol. The molecule has 0 amide bonds. The molecule has 4 aromatic rings. The molecule has 1 N–H and O–H groups in total. The van der Waals surface area contributed by atoms with Crippen molar-refractivity contribution in [1.82, 2.24) is 5.32 Å². The molecule has 0 saturated carbocycles. The molecule has 0 aromatic heterocycles. The molecule has 5 rings (SSSR count). The molecule has 34 heavy (non-hydrogen) atoms. The molecule has 1 heterocycles. The van der Waals surface area contributed by atoms with Gasteiger partial charge < -0.3 is 14.8 Å². The van der Waals surface area contributed by atoms with Gasteiger partial charge >= 0.3 is 0 Å². The van der Waals surface area contributed by atoms with Gasteiger partial charge in [0.05, 0.1) is 19.3 Å². The number of ether oxygens (including phenoxy) is 2. The van der Waals surface area contributed by atoms with Gasteiger partial charge in [-0.25, -0.2) is 0 Å². The van der Waals surface area contributed by atoms with Crippen LogP contribution in [0.4, 0.5) is 0 Å². The summed E-state index contributed by atoms with van der Waals surface area (Å²) in [5.41, 5.74) is 3.92. The van der Waals surface area contributed by atoms with Crippen molar-refractivity contribution in [3.05, 3.63) is 114 Å². The van der Waals surface area contributed by atoms with E-state index in [0.717, 1.165) is 44.7 Å². The Kier molecular flexibility index (Phi) is 7.54. The Morgan fingerprint density at radius 1 is 0.765 bits per heavy atom. The zero-order chi connectivity index (χ0) is 23.0. The molecule has 0 bridgehead atoms. The van der Waals surface area contributed by atoms with Crippen LogP contribution in [0.3, 0.4) is 0 Å². The van der Waals surface area contributed by atoms with Crippen molar-refractivity contribution in [3.8, 4) is 5.75 Å². The number of fused-ring (bicyclic) bond motifs is 1. The summed E-state index contributed by atoms with van der Waals surface area (Å²) in [6.45, 7) is 3.28. The van der Waals surface area contributed by atoms with E-state index in [1.165, 1.54) is 27.5 Å². The Balaban J connectivity index is 1.15. The van der Waals surface area contributed by atoms with Gasteiger partial charge in [-0.2, -0.15) is 0 Å². The number of rotatable bonds is 9. The van der Waals surface area contributed by atoms with E-state index >= 15 is 0 Å². The summed E-state index contributed by atoms with van der Waals surface area (Å²) >= 11 is 0. The van der Waals surface area contributed by atoms with Crippen LogP contribution in [-0.2, 0) is 17.8 Å². The fourth-order valence-corrected chi connectivity index (χ4v) is 4.84. The van der Waals surface area contributed by atoms with Crippen molar-refractivity contribution in [3.63, 3.8) is 0 Å². The molecule has 1 fully saturated rings. The predicted octanol–water partition coefficient (Wildman–Crippen LogP) is 6.51. The highest BCUT2D eigenvalue weighted by Crippen LogP contribution is 2.30. The normalized spacial score (nSPS) is 18.1. The topological polar surface area (TPSA) is 30.5 Å². The predicted molar refractivity (Wildman–Crippen MR) is 139 cm³/mol. The first-order chi connectivity index (χ1) is 16.8. The molecule has 0 radical (unpaired) electrons. The Morgan fingerprint density at radius 2 is 1.56 bits per heavy atom. The third-order valence-electron chi connectivity index (χ3n) is 6.73. The zero-order valence-electron chi connectivity index (χ0n) is 19.7. The minimum atomic E-state index is 0.165. The lowest BCUT2D eigenvalue weighted by Gasteiger charge is -2.32. The number of hydrogen-bond acceptors (Lipinski definition) is 3. The van der Waals surface area contributed by atoms with E-state index in [4.69, 9.17) is 9.47 Å². The maximum absolute atomic E-state index is 6.44. The van der Waals surface area contributed by atoms with E-state index in [-0.39, 0.29) is 6.10 Å². The van der Waals surface area contributed by atoms with Crippen LogP contribution in [-0.4, -0.2) is 25.8 Å². The number of aryl methyl sites for hydroxylation is 1. The van der Waals surface area contributed by atoms with E-state index in [0.29, 0.717) is 12.5 Å². The van der Waals surface area contributed by atoms with E-state index in [1.807, 2.05) is 0 Å². The second kappa shape index (κ2) is 11.3. The molecular weight excluding hydrogens is 418 g/mol. The van der Waals surface area contributed by atoms with Gasteiger partial charge in [-0.05, 0) is 71.5 Å². The standard InChI is InChI=1S/C31H33NO2/c1-2-7-24(8-3-1)9-6-20-33-29-16-14-27(15-17-29)30-18-19-32-22-31(30)34-23-25-12-13-26-10-4-5-11-28(26)21-25/h1-5,7-8,10-17,21,30-32H,6,9,18-20,22-23H2/t30-,31+/m1/s1. The van der Waals surface area contributed by atoms with Gasteiger partial charge in [0.25, 0.3) is 0 Å². The third-order valence-corrected chi connectivity index (χ3v) is 6.73. The number of nitrogens with one attached hydrogen (secondary N) is 1. The van der Waals surface area contributed by atoms with Crippen molar-refractivity contribution in [2.75, 3.05) is 19.7 Å². The lowest BCUT2D eigenvalue weighted by atomic mass is 9.87. The summed E-state index contributed by atoms with van der Waals surface area (Å²) in [4.78, 5) is 0. The van der Waals surface area contributed by atoms with Crippen molar-refractivity contribution in [2.45, 2.75) is 37.9 Å². The van der Waals surface area contributed by atoms with Crippen molar-refractivity contribution < 1.29 is 9.47 Å². The molecule has 1 aliphatic rings. The van der Waals surface area contributed by atoms with Crippen molar-refractivity contribution in [1.29, 1.82) is 0 Å². The zero-order valence-corrected chi connectivity index (χ0v) is 19.7. The quantitative estimate of drug-likeness (QED) is 0.294. The second-order valence-corrected chi connectivity index (χ2v) is 9.14. The first-order valence-electron chi connectivity index (χ1n) is 12.4. The third kappa shape index (κ3) is 5.85. The summed E-state index contributed by atoms with van der Waals surface area (Å²) in [6.07, 6.45) is 3.31. The van der Waals surface area contributed by atoms with Crippen LogP contribution in [0.1, 0.15) is 35.4 Å². The molecule has 3 nitrogen and oxygen atoms in total. The molecule has 3 heteroatoms. The van der Waals surface area contributed by atoms with Crippen LogP contribution in [0.15, 0.2) is 97.1 Å². The largest absolute Gasteiger partial charge is 0.494 e. The highest BCUT2D eigenvalue weighted by Gasteiger charge is 2.27. The molecule has 174 valence electrons. The van der Waals surface area contributed by atoms with Crippen LogP contribution in [0.5, 0.6) is 5.75 Å². The number of benzene rings is 4. The van der Waals surface area contributed by atoms with Crippen molar-refractivity contribution >= 4 is 10.8 Å². The fourth-order valence-electron chi connectivity index (χ4n) is 4.84. The molecular formula is C31H33NO2. The molecule has 1 aliphatic heterocycles. The maximum Gasteiger partial charge on any atom is 0.119 e. The van der Waals surface area contributed by atoms with Gasteiger partial charge in [-0.15, -0.1) is 0 Å². The molecule has 1 saturated heterocycles. The number of piperidine rings is 1. The minimum absolute atomic E-state index is 0.165. The van der Waals surface area contributed by atoms with E-state index in [2.05, 4.69) is 102 Å². The minimum Gasteiger partial charge on any atom is -0.494 e. The highest BCUT2D eigenvalue weighted by molar-refractivity contribution is 5.82. The first kappa shape index (κ1) is 22.6. The van der Waals surface area contributed by atoms with Crippen LogP contribution < -0.4 is 10.1 Å². The molecule has 2 atom stereocenters. The summed E-state index contributed by atoms with van der Waals surface area (Å²) in [7, 11) is 0.